The number of ether oxygens (including phenoxy) is 2. The lowest BCUT2D eigenvalue weighted by Crippen LogP contribution is -2.49. The minimum absolute atomic E-state index is 0.0366. The van der Waals surface area contributed by atoms with Crippen LogP contribution in [0.3, 0.4) is 0 Å². The summed E-state index contributed by atoms with van der Waals surface area (Å²) in [6, 6.07) is 14.0. The molecular formula is C22H26BrN3O4S. The van der Waals surface area contributed by atoms with E-state index in [4.69, 9.17) is 21.7 Å². The largest absolute Gasteiger partial charge is 0.492 e. The lowest BCUT2D eigenvalue weighted by molar-refractivity contribution is -0.123. The summed E-state index contributed by atoms with van der Waals surface area (Å²) in [6.07, 6.45) is 4.49. The normalized spacial score (nSPS) is 10.1. The van der Waals surface area contributed by atoms with Gasteiger partial charge in [0, 0.05) is 5.56 Å². The number of halogens is 1. The molecule has 0 unspecified atom stereocenters. The van der Waals surface area contributed by atoms with Crippen LogP contribution < -0.4 is 25.6 Å². The van der Waals surface area contributed by atoms with Crippen LogP contribution in [0.1, 0.15) is 43.0 Å². The van der Waals surface area contributed by atoms with E-state index < -0.39 is 11.8 Å². The van der Waals surface area contributed by atoms with Crippen molar-refractivity contribution in [3.63, 3.8) is 0 Å². The Morgan fingerprint density at radius 1 is 1.00 bits per heavy atom. The molecule has 0 heterocycles. The van der Waals surface area contributed by atoms with Crippen molar-refractivity contribution in [3.8, 4) is 11.5 Å². The minimum atomic E-state index is -0.441. The third-order valence-corrected chi connectivity index (χ3v) is 4.93. The zero-order valence-corrected chi connectivity index (χ0v) is 19.7. The molecule has 2 aromatic rings. The standard InChI is InChI=1S/C22H26BrN3O4S/c1-2-3-4-8-13-29-19-12-11-16(14-18(19)23)21(28)24-22(31)26-25-20(27)15-30-17-9-6-5-7-10-17/h5-7,9-12,14H,2-4,8,13,15H2,1H3,(H,25,27)(H2,24,26,28,31). The average Bonchev–Trinajstić information content (AvgIpc) is 2.77. The number of hydrogen-bond acceptors (Lipinski definition) is 5. The van der Waals surface area contributed by atoms with Gasteiger partial charge in [0.1, 0.15) is 11.5 Å². The zero-order chi connectivity index (χ0) is 22.5. The smallest absolute Gasteiger partial charge is 0.276 e. The monoisotopic (exact) mass is 507 g/mol. The van der Waals surface area contributed by atoms with Crippen LogP contribution in [0.5, 0.6) is 11.5 Å². The maximum atomic E-state index is 12.4. The van der Waals surface area contributed by atoms with E-state index in [-0.39, 0.29) is 11.7 Å². The van der Waals surface area contributed by atoms with E-state index in [1.807, 2.05) is 6.07 Å². The van der Waals surface area contributed by atoms with E-state index >= 15 is 0 Å². The molecule has 166 valence electrons. The maximum absolute atomic E-state index is 12.4. The molecule has 2 amide bonds. The molecule has 0 radical (unpaired) electrons. The van der Waals surface area contributed by atoms with Crippen LogP contribution in [0.15, 0.2) is 53.0 Å². The van der Waals surface area contributed by atoms with Gasteiger partial charge >= 0.3 is 0 Å². The first-order chi connectivity index (χ1) is 15.0. The Kier molecular flexibility index (Phi) is 10.8. The molecule has 0 fully saturated rings. The van der Waals surface area contributed by atoms with Gasteiger partial charge in [0.25, 0.3) is 11.8 Å². The number of carbonyl (C=O) groups is 2. The first kappa shape index (κ1) is 24.6. The molecule has 0 spiro atoms. The van der Waals surface area contributed by atoms with Crippen molar-refractivity contribution in [3.05, 3.63) is 58.6 Å². The van der Waals surface area contributed by atoms with Crippen LogP contribution in [0.4, 0.5) is 0 Å². The van der Waals surface area contributed by atoms with Crippen LogP contribution in [0.25, 0.3) is 0 Å². The number of rotatable bonds is 10. The van der Waals surface area contributed by atoms with E-state index in [2.05, 4.69) is 39.0 Å². The van der Waals surface area contributed by atoms with Crippen molar-refractivity contribution in [2.45, 2.75) is 32.6 Å². The predicted octanol–water partition coefficient (Wildman–Crippen LogP) is 4.12. The van der Waals surface area contributed by atoms with Crippen molar-refractivity contribution < 1.29 is 19.1 Å². The lowest BCUT2D eigenvalue weighted by Gasteiger charge is -2.12. The second-order valence-corrected chi connectivity index (χ2v) is 7.88. The molecule has 0 saturated carbocycles. The number of nitrogens with one attached hydrogen (secondary N) is 3. The number of carbonyl (C=O) groups excluding carboxylic acids is 2. The van der Waals surface area contributed by atoms with Gasteiger partial charge in [0.2, 0.25) is 0 Å². The van der Waals surface area contributed by atoms with Gasteiger partial charge < -0.3 is 9.47 Å². The van der Waals surface area contributed by atoms with Gasteiger partial charge in [-0.1, -0.05) is 44.4 Å². The van der Waals surface area contributed by atoms with Gasteiger partial charge in [0.15, 0.2) is 11.7 Å². The summed E-state index contributed by atoms with van der Waals surface area (Å²) in [5.74, 6) is 0.401. The highest BCUT2D eigenvalue weighted by atomic mass is 79.9. The molecule has 7 nitrogen and oxygen atoms in total. The molecule has 2 rings (SSSR count). The first-order valence-corrected chi connectivity index (χ1v) is 11.2. The molecule has 3 N–H and O–H groups in total. The van der Waals surface area contributed by atoms with E-state index in [9.17, 15) is 9.59 Å². The van der Waals surface area contributed by atoms with Crippen LogP contribution in [-0.2, 0) is 4.79 Å². The number of hydrogen-bond donors (Lipinski definition) is 3. The Hall–Kier alpha value is -2.65. The van der Waals surface area contributed by atoms with Crippen LogP contribution in [0, 0.1) is 0 Å². The zero-order valence-electron chi connectivity index (χ0n) is 17.3. The summed E-state index contributed by atoms with van der Waals surface area (Å²) in [7, 11) is 0. The number of thiocarbonyl (C=S) groups is 1. The Bertz CT molecular complexity index is 880. The van der Waals surface area contributed by atoms with E-state index in [1.165, 1.54) is 12.8 Å². The van der Waals surface area contributed by atoms with Crippen molar-refractivity contribution in [1.82, 2.24) is 16.2 Å². The summed E-state index contributed by atoms with van der Waals surface area (Å²) in [6.45, 7) is 2.60. The van der Waals surface area contributed by atoms with Crippen LogP contribution in [0.2, 0.25) is 0 Å². The van der Waals surface area contributed by atoms with E-state index in [0.717, 1.165) is 12.8 Å². The number of amides is 2. The third-order valence-electron chi connectivity index (χ3n) is 4.11. The molecule has 9 heteroatoms. The summed E-state index contributed by atoms with van der Waals surface area (Å²) in [4.78, 5) is 24.2. The molecule has 31 heavy (non-hydrogen) atoms. The SMILES string of the molecule is CCCCCCOc1ccc(C(=O)NC(=S)NNC(=O)COc2ccccc2)cc1Br. The molecule has 0 aliphatic carbocycles. The molecule has 0 saturated heterocycles. The Labute approximate surface area is 196 Å². The van der Waals surface area contributed by atoms with Gasteiger partial charge in [-0.3, -0.25) is 25.8 Å². The lowest BCUT2D eigenvalue weighted by atomic mass is 10.2. The number of benzene rings is 2. The van der Waals surface area contributed by atoms with Gasteiger partial charge in [-0.25, -0.2) is 0 Å². The van der Waals surface area contributed by atoms with E-state index in [1.54, 1.807) is 42.5 Å². The van der Waals surface area contributed by atoms with Gasteiger partial charge in [-0.2, -0.15) is 0 Å². The van der Waals surface area contributed by atoms with Crippen molar-refractivity contribution in [2.75, 3.05) is 13.2 Å². The highest BCUT2D eigenvalue weighted by Gasteiger charge is 2.11. The summed E-state index contributed by atoms with van der Waals surface area (Å²) in [5, 5.41) is 2.47. The van der Waals surface area contributed by atoms with Crippen LogP contribution in [-0.4, -0.2) is 30.1 Å². The minimum Gasteiger partial charge on any atom is -0.492 e. The molecule has 0 aliphatic rings. The van der Waals surface area contributed by atoms with Gasteiger partial charge in [0.05, 0.1) is 11.1 Å². The summed E-state index contributed by atoms with van der Waals surface area (Å²) in [5.41, 5.74) is 5.24. The number of unbranched alkanes of at least 4 members (excludes halogenated alkanes) is 3. The Balaban J connectivity index is 1.73. The second-order valence-electron chi connectivity index (χ2n) is 6.61. The molecule has 2 aromatic carbocycles. The van der Waals surface area contributed by atoms with Crippen LogP contribution >= 0.6 is 28.1 Å². The highest BCUT2D eigenvalue weighted by molar-refractivity contribution is 9.10. The topological polar surface area (TPSA) is 88.7 Å². The van der Waals surface area contributed by atoms with Crippen molar-refractivity contribution in [1.29, 1.82) is 0 Å². The Morgan fingerprint density at radius 3 is 2.48 bits per heavy atom. The molecular weight excluding hydrogens is 482 g/mol. The third kappa shape index (κ3) is 9.35. The summed E-state index contributed by atoms with van der Waals surface area (Å²) >= 11 is 8.47. The van der Waals surface area contributed by atoms with Crippen molar-refractivity contribution in [2.24, 2.45) is 0 Å². The summed E-state index contributed by atoms with van der Waals surface area (Å²) < 4.78 is 11.7. The van der Waals surface area contributed by atoms with Gasteiger partial charge in [-0.05, 0) is 64.9 Å². The fraction of sp³-hybridized carbons (Fsp3) is 0.318. The molecule has 0 aromatic heterocycles. The van der Waals surface area contributed by atoms with Crippen molar-refractivity contribution >= 4 is 45.1 Å². The maximum Gasteiger partial charge on any atom is 0.276 e. The number of hydrazine groups is 1. The average molecular weight is 508 g/mol. The molecule has 0 atom stereocenters. The molecule has 0 aliphatic heterocycles. The first-order valence-electron chi connectivity index (χ1n) is 10.00. The second kappa shape index (κ2) is 13.6. The van der Waals surface area contributed by atoms with E-state index in [0.29, 0.717) is 28.1 Å². The Morgan fingerprint density at radius 2 is 1.77 bits per heavy atom. The predicted molar refractivity (Wildman–Crippen MR) is 127 cm³/mol. The molecule has 0 bridgehead atoms. The van der Waals surface area contributed by atoms with Gasteiger partial charge in [-0.15, -0.1) is 0 Å². The highest BCUT2D eigenvalue weighted by Crippen LogP contribution is 2.26. The number of para-hydroxylation sites is 1. The quantitative estimate of drug-likeness (QED) is 0.254. The fourth-order valence-electron chi connectivity index (χ4n) is 2.50. The fourth-order valence-corrected chi connectivity index (χ4v) is 3.14.